The van der Waals surface area contributed by atoms with E-state index in [1.165, 1.54) is 32.4 Å². The number of hydrogen-bond acceptors (Lipinski definition) is 9. The van der Waals surface area contributed by atoms with E-state index in [2.05, 4.69) is 4.74 Å². The summed E-state index contributed by atoms with van der Waals surface area (Å²) in [5.74, 6) is -0.479. The van der Waals surface area contributed by atoms with E-state index in [-0.39, 0.29) is 21.9 Å². The first kappa shape index (κ1) is 29.4. The molecule has 0 atom stereocenters. The summed E-state index contributed by atoms with van der Waals surface area (Å²) >= 11 is 0.925. The molecular formula is C36H24O8S. The van der Waals surface area contributed by atoms with E-state index in [1.54, 1.807) is 41.8 Å². The van der Waals surface area contributed by atoms with Gasteiger partial charge in [0.1, 0.15) is 11.2 Å². The quantitative estimate of drug-likeness (QED) is 0.143. The first-order valence-corrected chi connectivity index (χ1v) is 14.6. The zero-order valence-electron chi connectivity index (χ0n) is 24.1. The largest absolute Gasteiger partial charge is 0.466 e. The number of esters is 1. The number of rotatable bonds is 4. The Labute approximate surface area is 259 Å². The number of carbonyl (C=O) groups excluding carboxylic acids is 2. The summed E-state index contributed by atoms with van der Waals surface area (Å²) in [6, 6.07) is 24.7. The normalized spacial score (nSPS) is 11.6. The fourth-order valence-corrected chi connectivity index (χ4v) is 5.58. The van der Waals surface area contributed by atoms with Crippen LogP contribution in [0.3, 0.4) is 0 Å². The average molecular weight is 617 g/mol. The highest BCUT2D eigenvalue weighted by Gasteiger charge is 2.13. The summed E-state index contributed by atoms with van der Waals surface area (Å²) in [6.07, 6.45) is 4.77. The molecule has 0 saturated heterocycles. The van der Waals surface area contributed by atoms with Gasteiger partial charge in [-0.2, -0.15) is 0 Å². The van der Waals surface area contributed by atoms with Gasteiger partial charge in [0.05, 0.1) is 25.0 Å². The monoisotopic (exact) mass is 616 g/mol. The van der Waals surface area contributed by atoms with Gasteiger partial charge in [0.15, 0.2) is 0 Å². The van der Waals surface area contributed by atoms with Gasteiger partial charge in [0.25, 0.3) is 0 Å². The van der Waals surface area contributed by atoms with E-state index >= 15 is 0 Å². The number of carbonyl (C=O) groups is 2. The molecule has 0 unspecified atom stereocenters. The van der Waals surface area contributed by atoms with Crippen LogP contribution in [0.25, 0.3) is 66.4 Å². The van der Waals surface area contributed by atoms with Crippen molar-refractivity contribution in [1.82, 2.24) is 0 Å². The minimum Gasteiger partial charge on any atom is -0.466 e. The zero-order chi connectivity index (χ0) is 31.5. The molecule has 0 aliphatic rings. The number of benzene rings is 5. The molecule has 6 aromatic rings. The third-order valence-corrected chi connectivity index (χ3v) is 7.87. The summed E-state index contributed by atoms with van der Waals surface area (Å²) in [4.78, 5) is 50.1. The van der Waals surface area contributed by atoms with E-state index in [0.717, 1.165) is 44.4 Å². The number of ether oxygens (including phenoxy) is 2. The maximum Gasteiger partial charge on any atom is 0.371 e. The Morgan fingerprint density at radius 1 is 0.644 bits per heavy atom. The predicted octanol–water partition coefficient (Wildman–Crippen LogP) is 8.14. The smallest absolute Gasteiger partial charge is 0.371 e. The molecule has 45 heavy (non-hydrogen) atoms. The maximum absolute atomic E-state index is 13.5. The van der Waals surface area contributed by atoms with Gasteiger partial charge in [-0.05, 0) is 98.4 Å². The molecule has 0 aliphatic heterocycles. The van der Waals surface area contributed by atoms with Crippen molar-refractivity contribution in [3.63, 3.8) is 0 Å². The van der Waals surface area contributed by atoms with Crippen LogP contribution >= 0.6 is 11.8 Å². The minimum absolute atomic E-state index is 0.0855. The summed E-state index contributed by atoms with van der Waals surface area (Å²) < 4.78 is 21.4. The van der Waals surface area contributed by atoms with Crippen LogP contribution in [0, 0.1) is 0 Å². The van der Waals surface area contributed by atoms with Crippen LogP contribution in [0.2, 0.25) is 0 Å². The van der Waals surface area contributed by atoms with Crippen LogP contribution in [-0.2, 0) is 14.3 Å². The molecule has 0 bridgehead atoms. The lowest BCUT2D eigenvalue weighted by molar-refractivity contribution is -0.134. The van der Waals surface area contributed by atoms with Gasteiger partial charge in [-0.15, -0.1) is 0 Å². The van der Waals surface area contributed by atoms with E-state index in [0.29, 0.717) is 10.8 Å². The molecule has 1 aromatic heterocycles. The lowest BCUT2D eigenvalue weighted by Gasteiger charge is -2.09. The van der Waals surface area contributed by atoms with E-state index in [1.807, 2.05) is 48.5 Å². The molecule has 0 spiro atoms. The highest BCUT2D eigenvalue weighted by molar-refractivity contribution is 8.15. The van der Waals surface area contributed by atoms with Crippen molar-refractivity contribution in [2.45, 2.75) is 0 Å². The molecule has 9 heteroatoms. The predicted molar refractivity (Wildman–Crippen MR) is 179 cm³/mol. The second kappa shape index (κ2) is 12.5. The zero-order valence-corrected chi connectivity index (χ0v) is 24.9. The Hall–Kier alpha value is -5.67. The van der Waals surface area contributed by atoms with Crippen LogP contribution < -0.4 is 11.3 Å². The van der Waals surface area contributed by atoms with Crippen molar-refractivity contribution in [3.8, 4) is 0 Å². The number of fused-ring (bicyclic) bond motifs is 8. The summed E-state index contributed by atoms with van der Waals surface area (Å²) in [5.41, 5.74) is 0.765. The average Bonchev–Trinajstić information content (AvgIpc) is 3.06. The molecule has 0 fully saturated rings. The van der Waals surface area contributed by atoms with E-state index in [4.69, 9.17) is 13.6 Å². The number of hydrogen-bond donors (Lipinski definition) is 0. The van der Waals surface area contributed by atoms with Crippen LogP contribution in [-0.4, -0.2) is 25.5 Å². The van der Waals surface area contributed by atoms with Gasteiger partial charge in [-0.25, -0.2) is 19.2 Å². The molecule has 6 rings (SSSR count). The number of thioether (sulfide) groups is 1. The lowest BCUT2D eigenvalue weighted by Crippen LogP contribution is -2.03. The van der Waals surface area contributed by atoms with E-state index < -0.39 is 22.5 Å². The molecule has 1 heterocycles. The molecule has 222 valence electrons. The Kier molecular flexibility index (Phi) is 8.18. The second-order valence-electron chi connectivity index (χ2n) is 9.89. The minimum atomic E-state index is -0.694. The van der Waals surface area contributed by atoms with Crippen LogP contribution in [0.1, 0.15) is 11.1 Å². The molecule has 0 radical (unpaired) electrons. The first-order chi connectivity index (χ1) is 21.9. The van der Waals surface area contributed by atoms with Crippen molar-refractivity contribution >= 4 is 89.4 Å². The van der Waals surface area contributed by atoms with Crippen molar-refractivity contribution in [1.29, 1.82) is 0 Å². The van der Waals surface area contributed by atoms with Crippen LogP contribution in [0.15, 0.2) is 115 Å². The van der Waals surface area contributed by atoms with Crippen LogP contribution in [0.5, 0.6) is 0 Å². The van der Waals surface area contributed by atoms with Crippen molar-refractivity contribution < 1.29 is 27.9 Å². The third kappa shape index (κ3) is 5.93. The van der Waals surface area contributed by atoms with Gasteiger partial charge in [-0.1, -0.05) is 48.5 Å². The molecule has 5 aromatic carbocycles. The Bertz CT molecular complexity index is 2420. The molecular weight excluding hydrogens is 592 g/mol. The molecule has 0 saturated carbocycles. The Balaban J connectivity index is 1.75. The molecule has 0 N–H and O–H groups in total. The summed E-state index contributed by atoms with van der Waals surface area (Å²) in [6.45, 7) is 0. The molecule has 0 aliphatic carbocycles. The van der Waals surface area contributed by atoms with Crippen molar-refractivity contribution in [3.05, 3.63) is 128 Å². The van der Waals surface area contributed by atoms with E-state index in [9.17, 15) is 19.2 Å². The summed E-state index contributed by atoms with van der Waals surface area (Å²) in [7, 11) is 2.63. The maximum atomic E-state index is 13.5. The van der Waals surface area contributed by atoms with Gasteiger partial charge < -0.3 is 18.3 Å². The van der Waals surface area contributed by atoms with Crippen LogP contribution in [0.4, 0.5) is 4.79 Å². The topological polar surface area (TPSA) is 113 Å². The Morgan fingerprint density at radius 3 is 1.69 bits per heavy atom. The fourth-order valence-electron chi connectivity index (χ4n) is 5.15. The molecule has 8 nitrogen and oxygen atoms in total. The molecule has 0 amide bonds. The van der Waals surface area contributed by atoms with Crippen molar-refractivity contribution in [2.24, 2.45) is 0 Å². The standard InChI is InChI=1S/C36H24O8S/c1-41-31(37)16-9-21-7-12-25-23(19-21)10-14-29-32(25)33-26-13-8-22(17-18-45-36(40)42-2)20-24(26)11-15-30(33)44-35(39)28-6-4-3-5-27(28)34(38)43-29/h3-20H,1-2H3/b16-9+,18-17+. The van der Waals surface area contributed by atoms with Gasteiger partial charge >= 0.3 is 22.5 Å². The highest BCUT2D eigenvalue weighted by Crippen LogP contribution is 2.35. The first-order valence-electron chi connectivity index (χ1n) is 13.7. The highest BCUT2D eigenvalue weighted by atomic mass is 32.2. The number of methoxy groups -OCH3 is 2. The Morgan fingerprint density at radius 2 is 1.18 bits per heavy atom. The van der Waals surface area contributed by atoms with Gasteiger partial charge in [-0.3, -0.25) is 0 Å². The fraction of sp³-hybridized carbons (Fsp3) is 0.0556. The summed E-state index contributed by atoms with van der Waals surface area (Å²) in [5, 5.41) is 5.59. The second-order valence-corrected chi connectivity index (χ2v) is 10.7. The van der Waals surface area contributed by atoms with Crippen molar-refractivity contribution in [2.75, 3.05) is 14.2 Å². The SMILES string of the molecule is COC(=O)/C=C/c1ccc2c(ccc3oc(=O)c4ccccc4c(=O)oc4ccc5cc(/C=C/SC(=O)OC)ccc5c4c32)c1. The lowest BCUT2D eigenvalue weighted by atomic mass is 9.96. The van der Waals surface area contributed by atoms with Gasteiger partial charge in [0.2, 0.25) is 0 Å². The van der Waals surface area contributed by atoms with Gasteiger partial charge in [0, 0.05) is 16.8 Å². The third-order valence-electron chi connectivity index (χ3n) is 7.24.